The van der Waals surface area contributed by atoms with Gasteiger partial charge in [-0.2, -0.15) is 0 Å². The Balaban J connectivity index is 2.26. The van der Waals surface area contributed by atoms with Crippen molar-refractivity contribution in [2.75, 3.05) is 0 Å². The van der Waals surface area contributed by atoms with Crippen LogP contribution in [0.4, 0.5) is 22.0 Å². The average Bonchev–Trinajstić information content (AvgIpc) is 2.40. The van der Waals surface area contributed by atoms with E-state index in [1.165, 1.54) is 0 Å². The van der Waals surface area contributed by atoms with Gasteiger partial charge < -0.3 is 4.74 Å². The van der Waals surface area contributed by atoms with Crippen molar-refractivity contribution >= 4 is 5.78 Å². The number of ketones is 1. The fourth-order valence-electron chi connectivity index (χ4n) is 1.64. The second kappa shape index (κ2) is 5.51. The summed E-state index contributed by atoms with van der Waals surface area (Å²) in [6.07, 6.45) is -4.85. The molecule has 0 N–H and O–H groups in total. The van der Waals surface area contributed by atoms with E-state index < -0.39 is 35.1 Å². The van der Waals surface area contributed by atoms with Crippen molar-refractivity contribution in [3.05, 3.63) is 65.2 Å². The van der Waals surface area contributed by atoms with Crippen molar-refractivity contribution in [1.29, 1.82) is 0 Å². The molecule has 0 heterocycles. The molecule has 0 saturated carbocycles. The highest BCUT2D eigenvalue weighted by molar-refractivity contribution is 6.09. The van der Waals surface area contributed by atoms with E-state index in [4.69, 9.17) is 0 Å². The van der Waals surface area contributed by atoms with Gasteiger partial charge in [0.15, 0.2) is 17.4 Å². The Morgan fingerprint density at radius 1 is 0.952 bits per heavy atom. The van der Waals surface area contributed by atoms with Crippen LogP contribution in [0.1, 0.15) is 15.9 Å². The first-order valence-electron chi connectivity index (χ1n) is 5.62. The fraction of sp³-hybridized carbons (Fsp3) is 0.0714. The van der Waals surface area contributed by atoms with Crippen molar-refractivity contribution in [2.24, 2.45) is 0 Å². The highest BCUT2D eigenvalue weighted by Crippen LogP contribution is 2.24. The van der Waals surface area contributed by atoms with E-state index >= 15 is 0 Å². The summed E-state index contributed by atoms with van der Waals surface area (Å²) in [5.41, 5.74) is -0.589. The van der Waals surface area contributed by atoms with Gasteiger partial charge in [0.25, 0.3) is 0 Å². The number of benzene rings is 2. The lowest BCUT2D eigenvalue weighted by Gasteiger charge is -2.09. The SMILES string of the molecule is O=C(c1ccc(OC(F)(F)F)cc1)c1cccc(F)c1F. The third-order valence-corrected chi connectivity index (χ3v) is 2.55. The van der Waals surface area contributed by atoms with Crippen molar-refractivity contribution < 1.29 is 31.5 Å². The molecule has 0 amide bonds. The van der Waals surface area contributed by atoms with E-state index in [-0.39, 0.29) is 5.56 Å². The van der Waals surface area contributed by atoms with Crippen LogP contribution in [-0.2, 0) is 0 Å². The predicted octanol–water partition coefficient (Wildman–Crippen LogP) is 4.09. The normalized spacial score (nSPS) is 11.3. The van der Waals surface area contributed by atoms with Gasteiger partial charge in [-0.25, -0.2) is 8.78 Å². The monoisotopic (exact) mass is 302 g/mol. The molecule has 0 aliphatic heterocycles. The highest BCUT2D eigenvalue weighted by Gasteiger charge is 2.31. The van der Waals surface area contributed by atoms with Crippen molar-refractivity contribution in [1.82, 2.24) is 0 Å². The Morgan fingerprint density at radius 3 is 2.14 bits per heavy atom. The Bertz CT molecular complexity index is 662. The topological polar surface area (TPSA) is 26.3 Å². The predicted molar refractivity (Wildman–Crippen MR) is 62.9 cm³/mol. The van der Waals surface area contributed by atoms with Crippen molar-refractivity contribution in [3.8, 4) is 5.75 Å². The number of carbonyl (C=O) groups excluding carboxylic acids is 1. The van der Waals surface area contributed by atoms with Crippen LogP contribution in [-0.4, -0.2) is 12.1 Å². The molecule has 21 heavy (non-hydrogen) atoms. The molecule has 0 aromatic heterocycles. The van der Waals surface area contributed by atoms with Gasteiger partial charge in [-0.15, -0.1) is 13.2 Å². The molecule has 2 aromatic carbocycles. The quantitative estimate of drug-likeness (QED) is 0.630. The molecule has 0 saturated heterocycles. The minimum absolute atomic E-state index is 0.0889. The van der Waals surface area contributed by atoms with Crippen LogP contribution in [0.5, 0.6) is 5.75 Å². The zero-order chi connectivity index (χ0) is 15.6. The Labute approximate surface area is 115 Å². The van der Waals surface area contributed by atoms with Gasteiger partial charge in [0.2, 0.25) is 0 Å². The van der Waals surface area contributed by atoms with Crippen LogP contribution >= 0.6 is 0 Å². The molecular formula is C14H7F5O2. The first-order valence-corrected chi connectivity index (χ1v) is 5.62. The molecule has 0 aliphatic carbocycles. The van der Waals surface area contributed by atoms with E-state index in [2.05, 4.69) is 4.74 Å². The lowest BCUT2D eigenvalue weighted by Crippen LogP contribution is -2.17. The summed E-state index contributed by atoms with van der Waals surface area (Å²) in [5.74, 6) is -3.85. The zero-order valence-electron chi connectivity index (χ0n) is 10.2. The third-order valence-electron chi connectivity index (χ3n) is 2.55. The third kappa shape index (κ3) is 3.56. The van der Waals surface area contributed by atoms with Gasteiger partial charge in [0.05, 0.1) is 5.56 Å². The first-order chi connectivity index (χ1) is 9.78. The summed E-state index contributed by atoms with van der Waals surface area (Å²) in [6.45, 7) is 0. The van der Waals surface area contributed by atoms with E-state index in [1.807, 2.05) is 0 Å². The average molecular weight is 302 g/mol. The van der Waals surface area contributed by atoms with Crippen LogP contribution in [0, 0.1) is 11.6 Å². The fourth-order valence-corrected chi connectivity index (χ4v) is 1.64. The second-order valence-electron chi connectivity index (χ2n) is 4.00. The number of hydrogen-bond donors (Lipinski definition) is 0. The standard InChI is InChI=1S/C14H7F5O2/c15-11-3-1-2-10(12(11)16)13(20)8-4-6-9(7-5-8)21-14(17,18)19/h1-7H. The minimum Gasteiger partial charge on any atom is -0.406 e. The van der Waals surface area contributed by atoms with Crippen LogP contribution in [0.2, 0.25) is 0 Å². The van der Waals surface area contributed by atoms with E-state index in [1.54, 1.807) is 0 Å². The minimum atomic E-state index is -4.85. The summed E-state index contributed by atoms with van der Waals surface area (Å²) < 4.78 is 66.1. The first kappa shape index (κ1) is 15.0. The van der Waals surface area contributed by atoms with Crippen molar-refractivity contribution in [3.63, 3.8) is 0 Å². The number of alkyl halides is 3. The van der Waals surface area contributed by atoms with Crippen molar-refractivity contribution in [2.45, 2.75) is 6.36 Å². The number of carbonyl (C=O) groups is 1. The van der Waals surface area contributed by atoms with Gasteiger partial charge in [-0.1, -0.05) is 6.07 Å². The molecule has 0 atom stereocenters. The number of ether oxygens (including phenoxy) is 1. The van der Waals surface area contributed by atoms with Gasteiger partial charge in [0.1, 0.15) is 5.75 Å². The van der Waals surface area contributed by atoms with E-state index in [9.17, 15) is 26.7 Å². The van der Waals surface area contributed by atoms with Gasteiger partial charge >= 0.3 is 6.36 Å². The van der Waals surface area contributed by atoms with Crippen LogP contribution in [0.15, 0.2) is 42.5 Å². The molecular weight excluding hydrogens is 295 g/mol. The maximum atomic E-state index is 13.5. The number of halogens is 5. The summed E-state index contributed by atoms with van der Waals surface area (Å²) >= 11 is 0. The molecule has 0 spiro atoms. The van der Waals surface area contributed by atoms with Crippen LogP contribution in [0.25, 0.3) is 0 Å². The summed E-state index contributed by atoms with van der Waals surface area (Å²) in [5, 5.41) is 0. The largest absolute Gasteiger partial charge is 0.573 e. The highest BCUT2D eigenvalue weighted by atomic mass is 19.4. The molecule has 2 nitrogen and oxygen atoms in total. The van der Waals surface area contributed by atoms with E-state index in [0.29, 0.717) is 0 Å². The van der Waals surface area contributed by atoms with E-state index in [0.717, 1.165) is 42.5 Å². The molecule has 0 bridgehead atoms. The Kier molecular flexibility index (Phi) is 3.93. The molecule has 7 heteroatoms. The Morgan fingerprint density at radius 2 is 1.57 bits per heavy atom. The summed E-state index contributed by atoms with van der Waals surface area (Å²) in [7, 11) is 0. The summed E-state index contributed by atoms with van der Waals surface area (Å²) in [6, 6.07) is 7.00. The maximum Gasteiger partial charge on any atom is 0.573 e. The molecule has 2 aromatic rings. The smallest absolute Gasteiger partial charge is 0.406 e. The second-order valence-corrected chi connectivity index (χ2v) is 4.00. The maximum absolute atomic E-state index is 13.5. The molecule has 2 rings (SSSR count). The lowest BCUT2D eigenvalue weighted by molar-refractivity contribution is -0.274. The number of hydrogen-bond acceptors (Lipinski definition) is 2. The van der Waals surface area contributed by atoms with Gasteiger partial charge in [0, 0.05) is 5.56 Å². The molecule has 0 fully saturated rings. The Hall–Kier alpha value is -2.44. The summed E-state index contributed by atoms with van der Waals surface area (Å²) in [4.78, 5) is 11.9. The van der Waals surface area contributed by atoms with Crippen LogP contribution < -0.4 is 4.74 Å². The molecule has 0 aliphatic rings. The zero-order valence-corrected chi connectivity index (χ0v) is 10.2. The van der Waals surface area contributed by atoms with Gasteiger partial charge in [-0.05, 0) is 36.4 Å². The molecule has 0 unspecified atom stereocenters. The lowest BCUT2D eigenvalue weighted by atomic mass is 10.0. The number of rotatable bonds is 3. The van der Waals surface area contributed by atoms with Crippen LogP contribution in [0.3, 0.4) is 0 Å². The molecule has 110 valence electrons. The molecule has 0 radical (unpaired) electrons. The van der Waals surface area contributed by atoms with Gasteiger partial charge in [-0.3, -0.25) is 4.79 Å².